The summed E-state index contributed by atoms with van der Waals surface area (Å²) in [6.45, 7) is 0.278. The Morgan fingerprint density at radius 2 is 1.55 bits per heavy atom. The number of hydrogen-bond acceptors (Lipinski definition) is 3. The van der Waals surface area contributed by atoms with Gasteiger partial charge in [0, 0.05) is 33.5 Å². The first kappa shape index (κ1) is 22.4. The second-order valence-electron chi connectivity index (χ2n) is 8.51. The van der Waals surface area contributed by atoms with E-state index in [1.54, 1.807) is 19.2 Å². The van der Waals surface area contributed by atoms with Gasteiger partial charge < -0.3 is 4.90 Å². The Balaban J connectivity index is 1.61. The van der Waals surface area contributed by atoms with Crippen LogP contribution in [-0.4, -0.2) is 41.6 Å². The zero-order valence-corrected chi connectivity index (χ0v) is 18.6. The second-order valence-corrected chi connectivity index (χ2v) is 8.51. The first-order valence-electron chi connectivity index (χ1n) is 10.8. The van der Waals surface area contributed by atoms with Gasteiger partial charge in [0.25, 0.3) is 0 Å². The van der Waals surface area contributed by atoms with E-state index in [4.69, 9.17) is 0 Å². The number of carbonyl (C=O) groups is 3. The number of rotatable bonds is 6. The minimum atomic E-state index is -1.24. The van der Waals surface area contributed by atoms with Crippen molar-refractivity contribution in [2.24, 2.45) is 0 Å². The SMILES string of the molecule is CN(Cc1ccc(F)cc1)C(=O)CC1(c2ccc(-c3ccccc3)cc2)CC(=O)N(C)C1=O. The van der Waals surface area contributed by atoms with Crippen LogP contribution in [0.3, 0.4) is 0 Å². The molecule has 0 aliphatic carbocycles. The molecule has 168 valence electrons. The number of likely N-dealkylation sites (tertiary alicyclic amines) is 1. The average molecular weight is 445 g/mol. The predicted molar refractivity (Wildman–Crippen MR) is 123 cm³/mol. The standard InChI is InChI=1S/C27H25FN2O3/c1-29(18-19-8-14-23(28)15-9-19)24(31)16-27(17-25(32)30(2)26(27)33)22-12-10-21(11-13-22)20-6-4-3-5-7-20/h3-15H,16-18H2,1-2H3. The minimum absolute atomic E-state index is 0.0524. The van der Waals surface area contributed by atoms with Gasteiger partial charge in [0.15, 0.2) is 0 Å². The molecule has 0 radical (unpaired) electrons. The van der Waals surface area contributed by atoms with Gasteiger partial charge in [-0.1, -0.05) is 66.7 Å². The number of halogens is 1. The highest BCUT2D eigenvalue weighted by molar-refractivity contribution is 6.10. The topological polar surface area (TPSA) is 57.7 Å². The molecule has 33 heavy (non-hydrogen) atoms. The molecule has 0 saturated carbocycles. The molecule has 6 heteroatoms. The van der Waals surface area contributed by atoms with E-state index in [0.717, 1.165) is 21.6 Å². The summed E-state index contributed by atoms with van der Waals surface area (Å²) >= 11 is 0. The fraction of sp³-hybridized carbons (Fsp3) is 0.222. The van der Waals surface area contributed by atoms with E-state index in [1.165, 1.54) is 24.1 Å². The van der Waals surface area contributed by atoms with E-state index in [-0.39, 0.29) is 42.9 Å². The van der Waals surface area contributed by atoms with Gasteiger partial charge in [-0.3, -0.25) is 19.3 Å². The number of amides is 3. The lowest BCUT2D eigenvalue weighted by atomic mass is 9.75. The van der Waals surface area contributed by atoms with Gasteiger partial charge in [0.2, 0.25) is 17.7 Å². The van der Waals surface area contributed by atoms with Crippen LogP contribution in [0.4, 0.5) is 4.39 Å². The Hall–Kier alpha value is -3.80. The monoisotopic (exact) mass is 444 g/mol. The molecular formula is C27H25FN2O3. The largest absolute Gasteiger partial charge is 0.341 e. The van der Waals surface area contributed by atoms with Crippen molar-refractivity contribution < 1.29 is 18.8 Å². The van der Waals surface area contributed by atoms with Crippen LogP contribution in [0.1, 0.15) is 24.0 Å². The highest BCUT2D eigenvalue weighted by Crippen LogP contribution is 2.40. The second kappa shape index (κ2) is 8.98. The zero-order valence-electron chi connectivity index (χ0n) is 18.6. The van der Waals surface area contributed by atoms with Crippen LogP contribution < -0.4 is 0 Å². The van der Waals surface area contributed by atoms with Gasteiger partial charge in [-0.2, -0.15) is 0 Å². The van der Waals surface area contributed by atoms with E-state index in [0.29, 0.717) is 5.56 Å². The molecule has 0 bridgehead atoms. The maximum Gasteiger partial charge on any atom is 0.240 e. The summed E-state index contributed by atoms with van der Waals surface area (Å²) in [5, 5.41) is 0. The predicted octanol–water partition coefficient (Wildman–Crippen LogP) is 4.17. The number of benzene rings is 3. The third-order valence-electron chi connectivity index (χ3n) is 6.30. The molecule has 3 aromatic carbocycles. The first-order valence-corrected chi connectivity index (χ1v) is 10.8. The third-order valence-corrected chi connectivity index (χ3v) is 6.30. The molecule has 1 fully saturated rings. The van der Waals surface area contributed by atoms with E-state index in [9.17, 15) is 18.8 Å². The van der Waals surface area contributed by atoms with Crippen LogP contribution in [-0.2, 0) is 26.3 Å². The molecule has 4 rings (SSSR count). The van der Waals surface area contributed by atoms with Crippen LogP contribution in [0.2, 0.25) is 0 Å². The van der Waals surface area contributed by atoms with Crippen molar-refractivity contribution in [3.05, 3.63) is 95.8 Å². The molecule has 1 atom stereocenters. The summed E-state index contributed by atoms with van der Waals surface area (Å²) in [5.41, 5.74) is 2.21. The third kappa shape index (κ3) is 4.42. The summed E-state index contributed by atoms with van der Waals surface area (Å²) in [6, 6.07) is 23.3. The zero-order chi connectivity index (χ0) is 23.6. The number of nitrogens with zero attached hydrogens (tertiary/aromatic N) is 2. The molecule has 1 aliphatic heterocycles. The Morgan fingerprint density at radius 3 is 2.12 bits per heavy atom. The lowest BCUT2D eigenvalue weighted by Crippen LogP contribution is -2.41. The van der Waals surface area contributed by atoms with Crippen LogP contribution >= 0.6 is 0 Å². The molecule has 3 amide bonds. The number of hydrogen-bond donors (Lipinski definition) is 0. The van der Waals surface area contributed by atoms with E-state index >= 15 is 0 Å². The lowest BCUT2D eigenvalue weighted by Gasteiger charge is -2.29. The maximum absolute atomic E-state index is 13.2. The Morgan fingerprint density at radius 1 is 0.939 bits per heavy atom. The van der Waals surface area contributed by atoms with Gasteiger partial charge >= 0.3 is 0 Å². The Bertz CT molecular complexity index is 1180. The summed E-state index contributed by atoms with van der Waals surface area (Å²) < 4.78 is 13.2. The smallest absolute Gasteiger partial charge is 0.240 e. The van der Waals surface area contributed by atoms with Gasteiger partial charge in [0.05, 0.1) is 5.41 Å². The summed E-state index contributed by atoms with van der Waals surface area (Å²) in [6.07, 6.45) is -0.173. The molecule has 0 N–H and O–H groups in total. The van der Waals surface area contributed by atoms with Gasteiger partial charge in [-0.25, -0.2) is 4.39 Å². The van der Waals surface area contributed by atoms with Crippen molar-refractivity contribution in [3.8, 4) is 11.1 Å². The quantitative estimate of drug-likeness (QED) is 0.537. The van der Waals surface area contributed by atoms with Gasteiger partial charge in [-0.15, -0.1) is 0 Å². The molecule has 5 nitrogen and oxygen atoms in total. The molecule has 3 aromatic rings. The van der Waals surface area contributed by atoms with Gasteiger partial charge in [0.1, 0.15) is 5.82 Å². The summed E-state index contributed by atoms with van der Waals surface area (Å²) in [4.78, 5) is 41.5. The van der Waals surface area contributed by atoms with Crippen LogP contribution in [0.15, 0.2) is 78.9 Å². The molecule has 1 heterocycles. The van der Waals surface area contributed by atoms with Crippen molar-refractivity contribution >= 4 is 17.7 Å². The summed E-state index contributed by atoms with van der Waals surface area (Å²) in [5.74, 6) is -1.28. The van der Waals surface area contributed by atoms with Crippen molar-refractivity contribution in [2.75, 3.05) is 14.1 Å². The number of carbonyl (C=O) groups excluding carboxylic acids is 3. The van der Waals surface area contributed by atoms with Crippen molar-refractivity contribution in [3.63, 3.8) is 0 Å². The number of imide groups is 1. The van der Waals surface area contributed by atoms with Crippen LogP contribution in [0, 0.1) is 5.82 Å². The van der Waals surface area contributed by atoms with Crippen LogP contribution in [0.25, 0.3) is 11.1 Å². The van der Waals surface area contributed by atoms with E-state index < -0.39 is 5.41 Å². The first-order chi connectivity index (χ1) is 15.8. The Labute approximate surface area is 192 Å². The maximum atomic E-state index is 13.2. The van der Waals surface area contributed by atoms with E-state index in [2.05, 4.69) is 0 Å². The molecule has 1 aliphatic rings. The van der Waals surface area contributed by atoms with Crippen molar-refractivity contribution in [1.82, 2.24) is 9.80 Å². The normalized spacial score (nSPS) is 18.0. The lowest BCUT2D eigenvalue weighted by molar-refractivity contribution is -0.141. The fourth-order valence-electron chi connectivity index (χ4n) is 4.31. The highest BCUT2D eigenvalue weighted by atomic mass is 19.1. The van der Waals surface area contributed by atoms with Crippen molar-refractivity contribution in [2.45, 2.75) is 24.8 Å². The molecule has 1 unspecified atom stereocenters. The molecule has 1 saturated heterocycles. The molecule has 0 spiro atoms. The molecule has 0 aromatic heterocycles. The summed E-state index contributed by atoms with van der Waals surface area (Å²) in [7, 11) is 3.10. The molecular weight excluding hydrogens is 419 g/mol. The minimum Gasteiger partial charge on any atom is -0.341 e. The van der Waals surface area contributed by atoms with Crippen molar-refractivity contribution in [1.29, 1.82) is 0 Å². The van der Waals surface area contributed by atoms with Crippen LogP contribution in [0.5, 0.6) is 0 Å². The van der Waals surface area contributed by atoms with Gasteiger partial charge in [-0.05, 0) is 34.4 Å². The van der Waals surface area contributed by atoms with E-state index in [1.807, 2.05) is 54.6 Å². The Kier molecular flexibility index (Phi) is 6.09. The average Bonchev–Trinajstić information content (AvgIpc) is 3.05. The fourth-order valence-corrected chi connectivity index (χ4v) is 4.31. The highest BCUT2D eigenvalue weighted by Gasteiger charge is 2.52. The number of likely N-dealkylation sites (N-methyl/N-ethyl adjacent to an activating group) is 1.